The lowest BCUT2D eigenvalue weighted by atomic mass is 9.85. The van der Waals surface area contributed by atoms with Crippen LogP contribution >= 0.6 is 0 Å². The van der Waals surface area contributed by atoms with Crippen molar-refractivity contribution in [1.82, 2.24) is 4.90 Å². The third kappa shape index (κ3) is 5.02. The first-order valence-corrected chi connectivity index (χ1v) is 13.1. The molecule has 0 aromatic heterocycles. The number of nitrogens with zero attached hydrogens (tertiary/aromatic N) is 1. The average Bonchev–Trinajstić information content (AvgIpc) is 3.43. The summed E-state index contributed by atoms with van der Waals surface area (Å²) in [6.45, 7) is 3.67. The Labute approximate surface area is 227 Å². The molecule has 1 saturated heterocycles. The molecule has 0 aliphatic carbocycles. The van der Waals surface area contributed by atoms with Crippen LogP contribution < -0.4 is 14.2 Å². The monoisotopic (exact) mass is 527 g/mol. The fourth-order valence-corrected chi connectivity index (χ4v) is 5.85. The van der Waals surface area contributed by atoms with E-state index in [9.17, 15) is 9.59 Å². The fourth-order valence-electron chi connectivity index (χ4n) is 5.85. The number of aromatic carboxylic acids is 1. The molecular weight excluding hydrogens is 494 g/mol. The van der Waals surface area contributed by atoms with Gasteiger partial charge in [-0.25, -0.2) is 4.79 Å². The Balaban J connectivity index is 0.000000217. The van der Waals surface area contributed by atoms with E-state index in [1.54, 1.807) is 21.3 Å². The topological polar surface area (TPSA) is 85.3 Å². The molecule has 0 unspecified atom stereocenters. The Kier molecular flexibility index (Phi) is 7.44. The minimum atomic E-state index is -0.981. The molecule has 2 aliphatic rings. The largest absolute Gasteiger partial charge is 0.497 e. The minimum Gasteiger partial charge on any atom is -0.497 e. The van der Waals surface area contributed by atoms with Crippen molar-refractivity contribution in [2.75, 3.05) is 27.9 Å². The van der Waals surface area contributed by atoms with Crippen LogP contribution in [0.2, 0.25) is 0 Å². The second-order valence-electron chi connectivity index (χ2n) is 10.0. The van der Waals surface area contributed by atoms with Crippen LogP contribution in [-0.4, -0.2) is 55.7 Å². The maximum Gasteiger partial charge on any atom is 0.335 e. The van der Waals surface area contributed by atoms with E-state index in [0.717, 1.165) is 30.2 Å². The molecule has 7 heteroatoms. The first-order valence-electron chi connectivity index (χ1n) is 13.1. The van der Waals surface area contributed by atoms with Crippen molar-refractivity contribution in [3.63, 3.8) is 0 Å². The molecule has 0 bridgehead atoms. The van der Waals surface area contributed by atoms with E-state index < -0.39 is 5.97 Å². The number of ketones is 1. The number of carboxylic acids is 1. The molecule has 0 spiro atoms. The molecule has 39 heavy (non-hydrogen) atoms. The van der Waals surface area contributed by atoms with Crippen LogP contribution in [-0.2, 0) is 13.0 Å². The van der Waals surface area contributed by atoms with Gasteiger partial charge in [0.25, 0.3) is 0 Å². The smallest absolute Gasteiger partial charge is 0.335 e. The number of hydrogen-bond acceptors (Lipinski definition) is 6. The number of carboxylic acid groups (broad SMARTS) is 1. The number of carbonyl (C=O) groups excluding carboxylic acids is 1. The van der Waals surface area contributed by atoms with Crippen molar-refractivity contribution in [2.45, 2.75) is 38.8 Å². The van der Waals surface area contributed by atoms with Gasteiger partial charge in [0, 0.05) is 18.2 Å². The second-order valence-corrected chi connectivity index (χ2v) is 10.0. The number of methoxy groups -OCH3 is 3. The van der Waals surface area contributed by atoms with Gasteiger partial charge in [-0.15, -0.1) is 0 Å². The van der Waals surface area contributed by atoms with Crippen molar-refractivity contribution < 1.29 is 28.9 Å². The van der Waals surface area contributed by atoms with Gasteiger partial charge in [-0.05, 0) is 102 Å². The van der Waals surface area contributed by atoms with Crippen LogP contribution in [0.15, 0.2) is 54.6 Å². The van der Waals surface area contributed by atoms with E-state index in [1.165, 1.54) is 83.2 Å². The van der Waals surface area contributed by atoms with Crippen molar-refractivity contribution in [1.29, 1.82) is 0 Å². The predicted octanol–water partition coefficient (Wildman–Crippen LogP) is 6.13. The van der Waals surface area contributed by atoms with Gasteiger partial charge in [0.2, 0.25) is 0 Å². The molecule has 2 aliphatic heterocycles. The van der Waals surface area contributed by atoms with Crippen molar-refractivity contribution in [3.05, 3.63) is 76.9 Å². The van der Waals surface area contributed by atoms with E-state index >= 15 is 0 Å². The number of ether oxygens (including phenoxy) is 3. The highest BCUT2D eigenvalue weighted by Gasteiger charge is 2.32. The van der Waals surface area contributed by atoms with E-state index in [0.29, 0.717) is 11.6 Å². The lowest BCUT2D eigenvalue weighted by Crippen LogP contribution is -2.35. The first-order chi connectivity index (χ1) is 18.8. The Hall–Kier alpha value is -4.10. The Morgan fingerprint density at radius 2 is 1.44 bits per heavy atom. The van der Waals surface area contributed by atoms with Crippen molar-refractivity contribution in [3.8, 4) is 17.2 Å². The summed E-state index contributed by atoms with van der Waals surface area (Å²) in [6, 6.07) is 17.3. The molecule has 0 amide bonds. The Morgan fingerprint density at radius 1 is 0.795 bits per heavy atom. The molecule has 1 atom stereocenters. The molecule has 202 valence electrons. The summed E-state index contributed by atoms with van der Waals surface area (Å²) in [5.41, 5.74) is 3.66. The zero-order chi connectivity index (χ0) is 27.7. The Morgan fingerprint density at radius 3 is 2.05 bits per heavy atom. The van der Waals surface area contributed by atoms with E-state index in [4.69, 9.17) is 19.3 Å². The lowest BCUT2D eigenvalue weighted by molar-refractivity contribution is 0.0696. The van der Waals surface area contributed by atoms with Gasteiger partial charge in [-0.1, -0.05) is 18.2 Å². The van der Waals surface area contributed by atoms with Crippen LogP contribution in [0, 0.1) is 0 Å². The summed E-state index contributed by atoms with van der Waals surface area (Å²) in [7, 11) is 5.12. The quantitative estimate of drug-likeness (QED) is 0.247. The van der Waals surface area contributed by atoms with E-state index in [2.05, 4.69) is 35.2 Å². The second kappa shape index (κ2) is 10.9. The summed E-state index contributed by atoms with van der Waals surface area (Å²) >= 11 is 0. The lowest BCUT2D eigenvalue weighted by Gasteiger charge is -2.33. The van der Waals surface area contributed by atoms with E-state index in [1.807, 2.05) is 0 Å². The molecular formula is C32H33NO6. The van der Waals surface area contributed by atoms with Crippen LogP contribution in [0.1, 0.15) is 51.6 Å². The highest BCUT2D eigenvalue weighted by atomic mass is 16.5. The molecule has 4 aromatic carbocycles. The molecule has 1 N–H and O–H groups in total. The Bertz CT molecular complexity index is 1530. The zero-order valence-electron chi connectivity index (χ0n) is 22.7. The van der Waals surface area contributed by atoms with Gasteiger partial charge in [0.05, 0.1) is 26.9 Å². The van der Waals surface area contributed by atoms with Crippen LogP contribution in [0.3, 0.4) is 0 Å². The normalized spacial score (nSPS) is 16.2. The molecule has 6 rings (SSSR count). The van der Waals surface area contributed by atoms with Gasteiger partial charge in [-0.3, -0.25) is 9.69 Å². The average molecular weight is 528 g/mol. The van der Waals surface area contributed by atoms with Crippen molar-refractivity contribution in [2.24, 2.45) is 0 Å². The van der Waals surface area contributed by atoms with Gasteiger partial charge >= 0.3 is 5.97 Å². The summed E-state index contributed by atoms with van der Waals surface area (Å²) in [5.74, 6) is 1.40. The maximum atomic E-state index is 10.8. The van der Waals surface area contributed by atoms with Gasteiger partial charge in [-0.2, -0.15) is 0 Å². The number of fused-ring (bicyclic) bond motifs is 7. The molecule has 0 radical (unpaired) electrons. The third-order valence-corrected chi connectivity index (χ3v) is 7.89. The third-order valence-electron chi connectivity index (χ3n) is 7.89. The predicted molar refractivity (Wildman–Crippen MR) is 152 cm³/mol. The molecule has 0 saturated carbocycles. The van der Waals surface area contributed by atoms with Gasteiger partial charge in [0.1, 0.15) is 5.75 Å². The van der Waals surface area contributed by atoms with Crippen LogP contribution in [0.4, 0.5) is 0 Å². The molecule has 4 aromatic rings. The summed E-state index contributed by atoms with van der Waals surface area (Å²) in [5, 5.41) is 13.6. The van der Waals surface area contributed by atoms with Crippen molar-refractivity contribution >= 4 is 33.3 Å². The summed E-state index contributed by atoms with van der Waals surface area (Å²) in [4.78, 5) is 23.8. The number of rotatable bonds is 5. The number of hydrogen-bond donors (Lipinski definition) is 1. The molecule has 2 heterocycles. The highest BCUT2D eigenvalue weighted by Crippen LogP contribution is 2.44. The van der Waals surface area contributed by atoms with Gasteiger partial charge < -0.3 is 19.3 Å². The molecule has 1 fully saturated rings. The zero-order valence-corrected chi connectivity index (χ0v) is 22.7. The summed E-state index contributed by atoms with van der Waals surface area (Å²) in [6.07, 6.45) is 3.74. The highest BCUT2D eigenvalue weighted by molar-refractivity contribution is 6.12. The SMILES string of the molecule is CC(=O)c1ccc(C(=O)O)cc1.COc1ccc2c3c(c4cc(OC)c(OC)cc4c2c1)CN1CCC[C@H]1C3. The first kappa shape index (κ1) is 26.5. The molecule has 7 nitrogen and oxygen atoms in total. The fraction of sp³-hybridized carbons (Fsp3) is 0.312. The van der Waals surface area contributed by atoms with E-state index in [-0.39, 0.29) is 11.3 Å². The summed E-state index contributed by atoms with van der Waals surface area (Å²) < 4.78 is 16.7. The van der Waals surface area contributed by atoms with Gasteiger partial charge in [0.15, 0.2) is 17.3 Å². The number of benzene rings is 4. The minimum absolute atomic E-state index is 0.0630. The van der Waals surface area contributed by atoms with Crippen LogP contribution in [0.25, 0.3) is 21.5 Å². The number of Topliss-reactive ketones (excluding diaryl/α,β-unsaturated/α-hetero) is 1. The maximum absolute atomic E-state index is 10.8. The standard InChI is InChI=1S/C23H25NO3.C9H8O3/c1-25-15-6-7-16-17-9-14-5-4-8-24(14)13-21(17)20-12-23(27-3)22(26-2)11-19(20)18(16)10-15;1-6(10)7-2-4-8(5-3-7)9(11)12/h6-7,10-12,14H,4-5,8-9,13H2,1-3H3;2-5H,1H3,(H,11,12)/t14-;/m0./s1. The van der Waals surface area contributed by atoms with Crippen LogP contribution in [0.5, 0.6) is 17.2 Å². The number of carbonyl (C=O) groups is 2.